The summed E-state index contributed by atoms with van der Waals surface area (Å²) in [6.07, 6.45) is 0.358. The molecule has 3 nitrogen and oxygen atoms in total. The van der Waals surface area contributed by atoms with Crippen molar-refractivity contribution >= 4 is 0 Å². The standard InChI is InChI=1S/C14H21NO2/c1-10(2)14(16)13-9-12(15(3)17-13)11-7-5-4-6-8-11/h4-8,10,12-14,16H,9H2,1-3H3/t12-,13-,14-/m1/s1. The van der Waals surface area contributed by atoms with E-state index >= 15 is 0 Å². The van der Waals surface area contributed by atoms with Crippen molar-refractivity contribution in [2.24, 2.45) is 5.92 Å². The highest BCUT2D eigenvalue weighted by molar-refractivity contribution is 5.19. The Morgan fingerprint density at radius 3 is 2.53 bits per heavy atom. The van der Waals surface area contributed by atoms with Crippen molar-refractivity contribution in [1.29, 1.82) is 0 Å². The first-order valence-electron chi connectivity index (χ1n) is 6.22. The van der Waals surface area contributed by atoms with Crippen LogP contribution in [-0.4, -0.2) is 29.4 Å². The molecule has 1 heterocycles. The third-order valence-electron chi connectivity index (χ3n) is 3.44. The third kappa shape index (κ3) is 2.68. The molecule has 17 heavy (non-hydrogen) atoms. The summed E-state index contributed by atoms with van der Waals surface area (Å²) in [7, 11) is 1.94. The molecule has 2 rings (SSSR count). The summed E-state index contributed by atoms with van der Waals surface area (Å²) < 4.78 is 0. The molecule has 3 heteroatoms. The summed E-state index contributed by atoms with van der Waals surface area (Å²) in [6.45, 7) is 4.04. The summed E-state index contributed by atoms with van der Waals surface area (Å²) in [5.41, 5.74) is 1.24. The van der Waals surface area contributed by atoms with Crippen molar-refractivity contribution in [2.45, 2.75) is 38.5 Å². The molecule has 94 valence electrons. The average Bonchev–Trinajstić information content (AvgIpc) is 2.71. The zero-order valence-electron chi connectivity index (χ0n) is 10.7. The highest BCUT2D eigenvalue weighted by Gasteiger charge is 2.36. The number of hydrogen-bond acceptors (Lipinski definition) is 3. The highest BCUT2D eigenvalue weighted by Crippen LogP contribution is 2.34. The molecular weight excluding hydrogens is 214 g/mol. The molecule has 1 fully saturated rings. The van der Waals surface area contributed by atoms with Gasteiger partial charge in [0, 0.05) is 13.5 Å². The van der Waals surface area contributed by atoms with Gasteiger partial charge in [0.05, 0.1) is 12.1 Å². The van der Waals surface area contributed by atoms with Crippen molar-refractivity contribution in [2.75, 3.05) is 7.05 Å². The van der Waals surface area contributed by atoms with E-state index < -0.39 is 6.10 Å². The largest absolute Gasteiger partial charge is 0.390 e. The monoisotopic (exact) mass is 235 g/mol. The van der Waals surface area contributed by atoms with Crippen LogP contribution in [0, 0.1) is 5.92 Å². The van der Waals surface area contributed by atoms with Crippen LogP contribution in [0.15, 0.2) is 30.3 Å². The Kier molecular flexibility index (Phi) is 3.82. The molecule has 1 aromatic carbocycles. The van der Waals surface area contributed by atoms with Gasteiger partial charge in [0.25, 0.3) is 0 Å². The predicted molar refractivity (Wildman–Crippen MR) is 67.3 cm³/mol. The summed E-state index contributed by atoms with van der Waals surface area (Å²) in [5, 5.41) is 11.9. The molecule has 1 saturated heterocycles. The fourth-order valence-corrected chi connectivity index (χ4v) is 2.35. The van der Waals surface area contributed by atoms with E-state index in [4.69, 9.17) is 4.84 Å². The fraction of sp³-hybridized carbons (Fsp3) is 0.571. The van der Waals surface area contributed by atoms with Crippen LogP contribution in [0.4, 0.5) is 0 Å². The molecule has 0 spiro atoms. The molecule has 3 atom stereocenters. The smallest absolute Gasteiger partial charge is 0.107 e. The number of aliphatic hydroxyl groups is 1. The van der Waals surface area contributed by atoms with Gasteiger partial charge < -0.3 is 5.11 Å². The molecule has 1 aliphatic heterocycles. The van der Waals surface area contributed by atoms with Gasteiger partial charge >= 0.3 is 0 Å². The fourth-order valence-electron chi connectivity index (χ4n) is 2.35. The predicted octanol–water partition coefficient (Wildman–Crippen LogP) is 2.38. The van der Waals surface area contributed by atoms with E-state index in [0.29, 0.717) is 0 Å². The maximum atomic E-state index is 10.1. The lowest BCUT2D eigenvalue weighted by atomic mass is 9.95. The lowest BCUT2D eigenvalue weighted by molar-refractivity contribution is -0.175. The Morgan fingerprint density at radius 2 is 1.94 bits per heavy atom. The third-order valence-corrected chi connectivity index (χ3v) is 3.44. The number of nitrogens with zero attached hydrogens (tertiary/aromatic N) is 1. The van der Waals surface area contributed by atoms with Crippen LogP contribution in [0.5, 0.6) is 0 Å². The lowest BCUT2D eigenvalue weighted by Crippen LogP contribution is -2.31. The van der Waals surface area contributed by atoms with Gasteiger partial charge in [-0.3, -0.25) is 4.84 Å². The molecule has 1 aromatic rings. The van der Waals surface area contributed by atoms with Crippen molar-refractivity contribution in [3.05, 3.63) is 35.9 Å². The Labute approximate surface area is 103 Å². The number of rotatable bonds is 3. The normalized spacial score (nSPS) is 27.6. The van der Waals surface area contributed by atoms with Crippen LogP contribution in [0.3, 0.4) is 0 Å². The van der Waals surface area contributed by atoms with Gasteiger partial charge in [0.2, 0.25) is 0 Å². The van der Waals surface area contributed by atoms with Crippen molar-refractivity contribution < 1.29 is 9.94 Å². The minimum absolute atomic E-state index is 0.0924. The first-order valence-corrected chi connectivity index (χ1v) is 6.22. The topological polar surface area (TPSA) is 32.7 Å². The van der Waals surface area contributed by atoms with E-state index in [2.05, 4.69) is 12.1 Å². The molecule has 0 aliphatic carbocycles. The first kappa shape index (κ1) is 12.6. The molecule has 0 bridgehead atoms. The van der Waals surface area contributed by atoms with Gasteiger partial charge in [0.15, 0.2) is 0 Å². The SMILES string of the molecule is CC(C)[C@@H](O)[C@H]1C[C@H](c2ccccc2)N(C)O1. The lowest BCUT2D eigenvalue weighted by Gasteiger charge is -2.20. The molecule has 1 aliphatic rings. The zero-order valence-corrected chi connectivity index (χ0v) is 10.7. The van der Waals surface area contributed by atoms with Gasteiger partial charge in [-0.25, -0.2) is 0 Å². The maximum Gasteiger partial charge on any atom is 0.107 e. The van der Waals surface area contributed by atoms with Gasteiger partial charge in [-0.05, 0) is 11.5 Å². The van der Waals surface area contributed by atoms with Crippen molar-refractivity contribution in [3.63, 3.8) is 0 Å². The number of benzene rings is 1. The number of hydrogen-bond donors (Lipinski definition) is 1. The van der Waals surface area contributed by atoms with Gasteiger partial charge in [-0.15, -0.1) is 0 Å². The van der Waals surface area contributed by atoms with Gasteiger partial charge in [-0.2, -0.15) is 5.06 Å². The van der Waals surface area contributed by atoms with Crippen LogP contribution in [-0.2, 0) is 4.84 Å². The molecule has 0 radical (unpaired) electrons. The second-order valence-corrected chi connectivity index (χ2v) is 5.09. The Bertz CT molecular complexity index is 352. The van der Waals surface area contributed by atoms with Crippen LogP contribution in [0.25, 0.3) is 0 Å². The molecule has 0 amide bonds. The van der Waals surface area contributed by atoms with Crippen molar-refractivity contribution in [3.8, 4) is 0 Å². The molecule has 0 aromatic heterocycles. The van der Waals surface area contributed by atoms with E-state index in [-0.39, 0.29) is 18.1 Å². The Balaban J connectivity index is 2.08. The molecule has 0 saturated carbocycles. The van der Waals surface area contributed by atoms with E-state index in [1.807, 2.05) is 44.2 Å². The summed E-state index contributed by atoms with van der Waals surface area (Å²) >= 11 is 0. The molecular formula is C14H21NO2. The van der Waals surface area contributed by atoms with Crippen molar-refractivity contribution in [1.82, 2.24) is 5.06 Å². The second kappa shape index (κ2) is 5.17. The summed E-state index contributed by atoms with van der Waals surface area (Å²) in [4.78, 5) is 5.73. The quantitative estimate of drug-likeness (QED) is 0.873. The minimum atomic E-state index is -0.397. The van der Waals surface area contributed by atoms with Crippen LogP contribution < -0.4 is 0 Å². The van der Waals surface area contributed by atoms with E-state index in [1.165, 1.54) is 5.56 Å². The van der Waals surface area contributed by atoms with E-state index in [0.717, 1.165) is 6.42 Å². The first-order chi connectivity index (χ1) is 8.09. The van der Waals surface area contributed by atoms with Crippen LogP contribution in [0.2, 0.25) is 0 Å². The van der Waals surface area contributed by atoms with E-state index in [1.54, 1.807) is 0 Å². The zero-order chi connectivity index (χ0) is 12.4. The summed E-state index contributed by atoms with van der Waals surface area (Å²) in [6, 6.07) is 10.5. The maximum absolute atomic E-state index is 10.1. The van der Waals surface area contributed by atoms with Gasteiger partial charge in [-0.1, -0.05) is 44.2 Å². The number of hydroxylamine groups is 2. The Hall–Kier alpha value is -0.900. The van der Waals surface area contributed by atoms with E-state index in [9.17, 15) is 5.11 Å². The number of aliphatic hydroxyl groups excluding tert-OH is 1. The molecule has 1 N–H and O–H groups in total. The van der Waals surface area contributed by atoms with Crippen LogP contribution in [0.1, 0.15) is 31.9 Å². The molecule has 0 unspecified atom stereocenters. The summed E-state index contributed by atoms with van der Waals surface area (Å²) in [5.74, 6) is 0.225. The minimum Gasteiger partial charge on any atom is -0.390 e. The highest BCUT2D eigenvalue weighted by atomic mass is 16.7. The Morgan fingerprint density at radius 1 is 1.29 bits per heavy atom. The van der Waals surface area contributed by atoms with Gasteiger partial charge in [0.1, 0.15) is 6.10 Å². The average molecular weight is 235 g/mol. The van der Waals surface area contributed by atoms with Crippen LogP contribution >= 0.6 is 0 Å². The second-order valence-electron chi connectivity index (χ2n) is 5.09.